The number of carbonyl (C=O) groups is 1. The molecule has 1 N–H and O–H groups in total. The molecule has 0 amide bonds. The minimum Gasteiger partial charge on any atom is -0.493 e. The average Bonchev–Trinajstić information content (AvgIpc) is 3.38. The fourth-order valence-corrected chi connectivity index (χ4v) is 5.12. The van der Waals surface area contributed by atoms with Crippen LogP contribution in [-0.4, -0.2) is 56.1 Å². The van der Waals surface area contributed by atoms with E-state index in [4.69, 9.17) is 23.7 Å². The summed E-state index contributed by atoms with van der Waals surface area (Å²) in [7, 11) is 7.89. The molecular formula is C26H28N4O6. The first kappa shape index (κ1) is 23.5. The maximum atomic E-state index is 13.8. The van der Waals surface area contributed by atoms with Crippen LogP contribution in [0.2, 0.25) is 0 Å². The molecule has 3 aromatic rings. The highest BCUT2D eigenvalue weighted by Crippen LogP contribution is 2.49. The van der Waals surface area contributed by atoms with E-state index in [0.717, 1.165) is 16.8 Å². The first-order valence-corrected chi connectivity index (χ1v) is 11.5. The van der Waals surface area contributed by atoms with Gasteiger partial charge in [-0.05, 0) is 42.2 Å². The van der Waals surface area contributed by atoms with E-state index >= 15 is 0 Å². The van der Waals surface area contributed by atoms with Crippen molar-refractivity contribution in [3.63, 3.8) is 0 Å². The molecule has 1 aliphatic heterocycles. The Morgan fingerprint density at radius 2 is 1.58 bits per heavy atom. The summed E-state index contributed by atoms with van der Waals surface area (Å²) >= 11 is 0. The smallest absolute Gasteiger partial charge is 0.226 e. The van der Waals surface area contributed by atoms with E-state index in [1.807, 2.05) is 24.3 Å². The van der Waals surface area contributed by atoms with Crippen LogP contribution < -0.4 is 29.0 Å². The molecule has 0 saturated carbocycles. The van der Waals surface area contributed by atoms with Gasteiger partial charge in [-0.1, -0.05) is 6.07 Å². The van der Waals surface area contributed by atoms with Crippen LogP contribution in [0.3, 0.4) is 0 Å². The van der Waals surface area contributed by atoms with Crippen molar-refractivity contribution < 1.29 is 28.5 Å². The molecule has 0 radical (unpaired) electrons. The van der Waals surface area contributed by atoms with Gasteiger partial charge in [0.1, 0.15) is 12.4 Å². The molecule has 1 aliphatic carbocycles. The summed E-state index contributed by atoms with van der Waals surface area (Å²) in [5, 5.41) is 7.78. The van der Waals surface area contributed by atoms with Gasteiger partial charge in [0.2, 0.25) is 11.7 Å². The molecule has 2 heterocycles. The Labute approximate surface area is 208 Å². The van der Waals surface area contributed by atoms with Crippen LogP contribution in [0.4, 0.5) is 5.95 Å². The number of hydrogen-bond donors (Lipinski definition) is 1. The highest BCUT2D eigenvalue weighted by atomic mass is 16.5. The molecule has 10 heteroatoms. The van der Waals surface area contributed by atoms with Gasteiger partial charge in [-0.15, -0.1) is 0 Å². The summed E-state index contributed by atoms with van der Waals surface area (Å²) in [6, 6.07) is 8.92. The number of allylic oxidation sites excluding steroid dienone is 2. The van der Waals surface area contributed by atoms with E-state index in [-0.39, 0.29) is 11.7 Å². The first-order valence-electron chi connectivity index (χ1n) is 11.5. The van der Waals surface area contributed by atoms with Crippen LogP contribution in [-0.2, 0) is 4.79 Å². The number of benzene rings is 2. The van der Waals surface area contributed by atoms with Crippen LogP contribution in [0, 0.1) is 0 Å². The van der Waals surface area contributed by atoms with Gasteiger partial charge in [0.05, 0.1) is 35.5 Å². The van der Waals surface area contributed by atoms with Crippen LogP contribution >= 0.6 is 0 Å². The Balaban J connectivity index is 1.61. The molecule has 36 heavy (non-hydrogen) atoms. The second-order valence-corrected chi connectivity index (χ2v) is 8.51. The lowest BCUT2D eigenvalue weighted by atomic mass is 9.77. The molecule has 2 atom stereocenters. The largest absolute Gasteiger partial charge is 0.493 e. The number of fused-ring (bicyclic) bond motifs is 1. The third-order valence-electron chi connectivity index (χ3n) is 6.77. The molecule has 188 valence electrons. The van der Waals surface area contributed by atoms with Gasteiger partial charge in [0.15, 0.2) is 28.8 Å². The zero-order valence-corrected chi connectivity index (χ0v) is 20.8. The first-order chi connectivity index (χ1) is 17.5. The van der Waals surface area contributed by atoms with E-state index in [2.05, 4.69) is 15.4 Å². The van der Waals surface area contributed by atoms with Crippen LogP contribution in [0.25, 0.3) is 0 Å². The maximum Gasteiger partial charge on any atom is 0.226 e. The van der Waals surface area contributed by atoms with Crippen LogP contribution in [0.1, 0.15) is 35.9 Å². The maximum absolute atomic E-state index is 13.8. The van der Waals surface area contributed by atoms with Crippen LogP contribution in [0.5, 0.6) is 28.7 Å². The van der Waals surface area contributed by atoms with E-state index in [1.165, 1.54) is 6.33 Å². The zero-order chi connectivity index (χ0) is 25.4. The second-order valence-electron chi connectivity index (χ2n) is 8.51. The number of nitrogens with one attached hydrogen (secondary N) is 1. The monoisotopic (exact) mass is 492 g/mol. The Hall–Kier alpha value is -4.21. The Morgan fingerprint density at radius 3 is 2.28 bits per heavy atom. The van der Waals surface area contributed by atoms with Crippen molar-refractivity contribution in [2.45, 2.75) is 24.8 Å². The van der Waals surface area contributed by atoms with Crippen molar-refractivity contribution in [1.29, 1.82) is 0 Å². The fourth-order valence-electron chi connectivity index (χ4n) is 5.12. The second kappa shape index (κ2) is 9.44. The summed E-state index contributed by atoms with van der Waals surface area (Å²) in [6.45, 7) is 0. The molecule has 0 saturated heterocycles. The molecule has 10 nitrogen and oxygen atoms in total. The lowest BCUT2D eigenvalue weighted by molar-refractivity contribution is -0.116. The molecule has 2 aromatic carbocycles. The Bertz CT molecular complexity index is 1350. The number of ether oxygens (including phenoxy) is 5. The summed E-state index contributed by atoms with van der Waals surface area (Å²) in [5.74, 6) is 3.27. The van der Waals surface area contributed by atoms with Crippen molar-refractivity contribution in [3.05, 3.63) is 59.1 Å². The van der Waals surface area contributed by atoms with Crippen molar-refractivity contribution in [1.82, 2.24) is 14.8 Å². The number of Topliss-reactive ketones (excluding diaryl/α,β-unsaturated/α-hetero) is 1. The summed E-state index contributed by atoms with van der Waals surface area (Å²) in [5.41, 5.74) is 3.18. The van der Waals surface area contributed by atoms with Gasteiger partial charge in [-0.25, -0.2) is 4.68 Å². The van der Waals surface area contributed by atoms with Gasteiger partial charge >= 0.3 is 0 Å². The van der Waals surface area contributed by atoms with Gasteiger partial charge in [-0.3, -0.25) is 4.79 Å². The zero-order valence-electron chi connectivity index (χ0n) is 20.8. The van der Waals surface area contributed by atoms with E-state index in [1.54, 1.807) is 46.3 Å². The van der Waals surface area contributed by atoms with Gasteiger partial charge in [0, 0.05) is 23.3 Å². The minimum absolute atomic E-state index is 0.0199. The SMILES string of the molecule is COc1ccc([C@H]2CC(=O)C3=C(C2)Nc2ncnn2[C@@H]3c2ccc(OC)c(OC)c2OC)cc1OC. The van der Waals surface area contributed by atoms with Gasteiger partial charge < -0.3 is 29.0 Å². The Morgan fingerprint density at radius 1 is 0.861 bits per heavy atom. The highest BCUT2D eigenvalue weighted by molar-refractivity contribution is 6.00. The summed E-state index contributed by atoms with van der Waals surface area (Å²) in [6.07, 6.45) is 2.43. The molecular weight excluding hydrogens is 464 g/mol. The molecule has 0 unspecified atom stereocenters. The minimum atomic E-state index is -0.535. The molecule has 0 spiro atoms. The molecule has 2 aliphatic rings. The van der Waals surface area contributed by atoms with E-state index in [0.29, 0.717) is 53.1 Å². The predicted molar refractivity (Wildman–Crippen MR) is 131 cm³/mol. The van der Waals surface area contributed by atoms with E-state index in [9.17, 15) is 4.79 Å². The normalized spacial score (nSPS) is 18.6. The molecule has 0 fully saturated rings. The number of rotatable bonds is 7. The van der Waals surface area contributed by atoms with Crippen molar-refractivity contribution in [2.75, 3.05) is 40.9 Å². The third-order valence-corrected chi connectivity index (χ3v) is 6.77. The molecule has 1 aromatic heterocycles. The molecule has 0 bridgehead atoms. The number of hydrogen-bond acceptors (Lipinski definition) is 9. The Kier molecular flexibility index (Phi) is 6.17. The summed E-state index contributed by atoms with van der Waals surface area (Å²) in [4.78, 5) is 18.2. The quantitative estimate of drug-likeness (QED) is 0.528. The fraction of sp³-hybridized carbons (Fsp3) is 0.346. The predicted octanol–water partition coefficient (Wildman–Crippen LogP) is 3.74. The molecule has 5 rings (SSSR count). The number of anilines is 1. The number of ketones is 1. The number of methoxy groups -OCH3 is 5. The topological polar surface area (TPSA) is 106 Å². The van der Waals surface area contributed by atoms with Crippen LogP contribution in [0.15, 0.2) is 47.9 Å². The highest BCUT2D eigenvalue weighted by Gasteiger charge is 2.41. The lowest BCUT2D eigenvalue weighted by Gasteiger charge is -2.35. The van der Waals surface area contributed by atoms with Gasteiger partial charge in [0.25, 0.3) is 0 Å². The lowest BCUT2D eigenvalue weighted by Crippen LogP contribution is -2.33. The standard InChI is InChI=1S/C26H28N4O6/c1-32-19-8-6-14(12-21(19)34-3)15-10-17-22(18(31)11-15)23(30-26(29-17)27-13-28-30)16-7-9-20(33-2)25(36-5)24(16)35-4/h6-9,12-13,15,23H,10-11H2,1-5H3,(H,27,28,29)/t15-,23-/m1/s1. The number of aromatic nitrogens is 3. The van der Waals surface area contributed by atoms with Crippen molar-refractivity contribution >= 4 is 11.7 Å². The summed E-state index contributed by atoms with van der Waals surface area (Å²) < 4.78 is 29.4. The van der Waals surface area contributed by atoms with Crippen molar-refractivity contribution in [3.8, 4) is 28.7 Å². The number of nitrogens with zero attached hydrogens (tertiary/aromatic N) is 3. The van der Waals surface area contributed by atoms with E-state index < -0.39 is 6.04 Å². The number of carbonyl (C=O) groups excluding carboxylic acids is 1. The van der Waals surface area contributed by atoms with Gasteiger partial charge in [-0.2, -0.15) is 10.1 Å². The van der Waals surface area contributed by atoms with Crippen molar-refractivity contribution in [2.24, 2.45) is 0 Å². The average molecular weight is 493 g/mol. The third kappa shape index (κ3) is 3.69.